The zero-order valence-electron chi connectivity index (χ0n) is 6.33. The quantitative estimate of drug-likeness (QED) is 0.449. The first-order valence-corrected chi connectivity index (χ1v) is 3.64. The number of hydrogen-bond acceptors (Lipinski definition) is 6. The van der Waals surface area contributed by atoms with Gasteiger partial charge < -0.3 is 20.1 Å². The van der Waals surface area contributed by atoms with Crippen LogP contribution < -0.4 is 0 Å². The van der Waals surface area contributed by atoms with Gasteiger partial charge in [0, 0.05) is 6.42 Å². The molecule has 1 heterocycles. The molecule has 0 saturated carbocycles. The number of nitroso groups, excluding NO2 is 1. The zero-order chi connectivity index (χ0) is 9.14. The molecule has 0 radical (unpaired) electrons. The normalized spacial score (nSPS) is 42.6. The highest BCUT2D eigenvalue weighted by molar-refractivity contribution is 4.85. The molecule has 6 nitrogen and oxygen atoms in total. The van der Waals surface area contributed by atoms with E-state index in [0.29, 0.717) is 0 Å². The number of nitrogens with zero attached hydrogens (tertiary/aromatic N) is 1. The summed E-state index contributed by atoms with van der Waals surface area (Å²) in [5.41, 5.74) is 0. The van der Waals surface area contributed by atoms with Crippen LogP contribution in [0.15, 0.2) is 5.18 Å². The summed E-state index contributed by atoms with van der Waals surface area (Å²) in [5.74, 6) is 0. The molecule has 0 spiro atoms. The van der Waals surface area contributed by atoms with Crippen molar-refractivity contribution in [3.8, 4) is 0 Å². The minimum atomic E-state index is -1.41. The summed E-state index contributed by atoms with van der Waals surface area (Å²) in [6, 6.07) is -1.15. The topological polar surface area (TPSA) is 99.4 Å². The van der Waals surface area contributed by atoms with E-state index in [1.807, 2.05) is 0 Å². The molecule has 1 aliphatic heterocycles. The Morgan fingerprint density at radius 3 is 2.58 bits per heavy atom. The van der Waals surface area contributed by atoms with E-state index in [2.05, 4.69) is 5.18 Å². The van der Waals surface area contributed by atoms with Crippen LogP contribution in [0.4, 0.5) is 0 Å². The van der Waals surface area contributed by atoms with Gasteiger partial charge in [-0.05, 0) is 0 Å². The van der Waals surface area contributed by atoms with E-state index in [4.69, 9.17) is 14.9 Å². The minimum Gasteiger partial charge on any atom is -0.394 e. The molecule has 0 bridgehead atoms. The maximum Gasteiger partial charge on any atom is 0.183 e. The van der Waals surface area contributed by atoms with Crippen molar-refractivity contribution in [3.05, 3.63) is 4.91 Å². The lowest BCUT2D eigenvalue weighted by Crippen LogP contribution is -2.48. The second-order valence-corrected chi connectivity index (χ2v) is 2.73. The van der Waals surface area contributed by atoms with Crippen LogP contribution in [0.1, 0.15) is 6.42 Å². The summed E-state index contributed by atoms with van der Waals surface area (Å²) in [4.78, 5) is 10.1. The van der Waals surface area contributed by atoms with Gasteiger partial charge in [0.15, 0.2) is 12.3 Å². The molecule has 3 N–H and O–H groups in total. The van der Waals surface area contributed by atoms with Gasteiger partial charge in [-0.2, -0.15) is 4.91 Å². The molecule has 1 aliphatic rings. The molecule has 2 unspecified atom stereocenters. The number of aliphatic hydroxyl groups excluding tert-OH is 3. The van der Waals surface area contributed by atoms with Gasteiger partial charge in [0.05, 0.1) is 18.8 Å². The van der Waals surface area contributed by atoms with Crippen LogP contribution in [-0.4, -0.2) is 46.5 Å². The van der Waals surface area contributed by atoms with Gasteiger partial charge >= 0.3 is 0 Å². The van der Waals surface area contributed by atoms with E-state index in [1.54, 1.807) is 0 Å². The highest BCUT2D eigenvalue weighted by atomic mass is 16.6. The van der Waals surface area contributed by atoms with Crippen LogP contribution in [0.2, 0.25) is 0 Å². The summed E-state index contributed by atoms with van der Waals surface area (Å²) >= 11 is 0. The molecule has 0 aliphatic carbocycles. The molecular weight excluding hydrogens is 166 g/mol. The predicted molar refractivity (Wildman–Crippen MR) is 38.2 cm³/mol. The molecule has 70 valence electrons. The van der Waals surface area contributed by atoms with E-state index in [0.717, 1.165) is 0 Å². The first-order valence-electron chi connectivity index (χ1n) is 3.64. The van der Waals surface area contributed by atoms with E-state index in [9.17, 15) is 10.0 Å². The Morgan fingerprint density at radius 1 is 1.50 bits per heavy atom. The van der Waals surface area contributed by atoms with Gasteiger partial charge in [0.2, 0.25) is 0 Å². The fourth-order valence-corrected chi connectivity index (χ4v) is 1.17. The van der Waals surface area contributed by atoms with Crippen molar-refractivity contribution >= 4 is 0 Å². The van der Waals surface area contributed by atoms with E-state index in [1.165, 1.54) is 0 Å². The molecule has 0 aromatic heterocycles. The third-order valence-electron chi connectivity index (χ3n) is 1.85. The summed E-state index contributed by atoms with van der Waals surface area (Å²) in [7, 11) is 0. The minimum absolute atomic E-state index is 0.115. The number of hydrogen-bond donors (Lipinski definition) is 3. The third kappa shape index (κ3) is 1.78. The highest BCUT2D eigenvalue weighted by Crippen LogP contribution is 2.20. The lowest BCUT2D eigenvalue weighted by atomic mass is 10.0. The van der Waals surface area contributed by atoms with Crippen molar-refractivity contribution in [1.82, 2.24) is 0 Å². The van der Waals surface area contributed by atoms with Crippen molar-refractivity contribution in [3.63, 3.8) is 0 Å². The molecule has 0 amide bonds. The SMILES string of the molecule is O=NC1C(O)O[C@H](CO)C[C@@H]1O. The van der Waals surface area contributed by atoms with Crippen LogP contribution in [0.25, 0.3) is 0 Å². The summed E-state index contributed by atoms with van der Waals surface area (Å²) < 4.78 is 4.76. The van der Waals surface area contributed by atoms with Crippen molar-refractivity contribution in [1.29, 1.82) is 0 Å². The molecule has 4 atom stereocenters. The van der Waals surface area contributed by atoms with Crippen LogP contribution in [-0.2, 0) is 4.74 Å². The Morgan fingerprint density at radius 2 is 2.17 bits per heavy atom. The summed E-state index contributed by atoms with van der Waals surface area (Å²) in [6.07, 6.45) is -2.95. The third-order valence-corrected chi connectivity index (χ3v) is 1.85. The van der Waals surface area contributed by atoms with E-state index in [-0.39, 0.29) is 13.0 Å². The molecule has 0 aromatic carbocycles. The first-order chi connectivity index (χ1) is 5.69. The molecule has 12 heavy (non-hydrogen) atoms. The lowest BCUT2D eigenvalue weighted by Gasteiger charge is -2.32. The summed E-state index contributed by atoms with van der Waals surface area (Å²) in [5, 5.41) is 29.4. The maximum absolute atomic E-state index is 10.1. The van der Waals surface area contributed by atoms with Gasteiger partial charge in [-0.15, -0.1) is 0 Å². The van der Waals surface area contributed by atoms with Gasteiger partial charge in [-0.1, -0.05) is 5.18 Å². The van der Waals surface area contributed by atoms with Gasteiger partial charge in [-0.3, -0.25) is 0 Å². The van der Waals surface area contributed by atoms with Crippen molar-refractivity contribution < 1.29 is 20.1 Å². The Hall–Kier alpha value is -0.560. The largest absolute Gasteiger partial charge is 0.394 e. The Kier molecular flexibility index (Phi) is 3.10. The fourth-order valence-electron chi connectivity index (χ4n) is 1.17. The predicted octanol–water partition coefficient (Wildman–Crippen LogP) is -1.42. The smallest absolute Gasteiger partial charge is 0.183 e. The van der Waals surface area contributed by atoms with Gasteiger partial charge in [-0.25, -0.2) is 0 Å². The van der Waals surface area contributed by atoms with Gasteiger partial charge in [0.1, 0.15) is 0 Å². The van der Waals surface area contributed by atoms with Crippen molar-refractivity contribution in [2.45, 2.75) is 31.0 Å². The van der Waals surface area contributed by atoms with Crippen LogP contribution >= 0.6 is 0 Å². The Labute approximate surface area is 68.7 Å². The average Bonchev–Trinajstić information content (AvgIpc) is 2.03. The Balaban J connectivity index is 2.56. The fraction of sp³-hybridized carbons (Fsp3) is 1.00. The van der Waals surface area contributed by atoms with E-state index >= 15 is 0 Å². The molecule has 1 fully saturated rings. The van der Waals surface area contributed by atoms with Crippen molar-refractivity contribution in [2.24, 2.45) is 5.18 Å². The van der Waals surface area contributed by atoms with Crippen LogP contribution in [0.3, 0.4) is 0 Å². The van der Waals surface area contributed by atoms with Gasteiger partial charge in [0.25, 0.3) is 0 Å². The molecule has 1 rings (SSSR count). The van der Waals surface area contributed by atoms with Crippen LogP contribution in [0.5, 0.6) is 0 Å². The van der Waals surface area contributed by atoms with Crippen LogP contribution in [0, 0.1) is 4.91 Å². The molecular formula is C6H11NO5. The first kappa shape index (κ1) is 9.53. The van der Waals surface area contributed by atoms with Crippen molar-refractivity contribution in [2.75, 3.05) is 6.61 Å². The summed E-state index contributed by atoms with van der Waals surface area (Å²) in [6.45, 7) is -0.292. The Bertz CT molecular complexity index is 152. The maximum atomic E-state index is 10.1. The van der Waals surface area contributed by atoms with E-state index < -0.39 is 24.5 Å². The monoisotopic (exact) mass is 177 g/mol. The number of aliphatic hydroxyl groups is 3. The standard InChI is InChI=1S/C6H11NO5/c8-2-3-1-4(9)5(7-11)6(10)12-3/h3-6,8-10H,1-2H2/t3-,4-,5?,6?/m0/s1. The average molecular weight is 177 g/mol. The molecule has 0 aromatic rings. The molecule has 1 saturated heterocycles. The molecule has 6 heteroatoms. The second-order valence-electron chi connectivity index (χ2n) is 2.73. The second kappa shape index (κ2) is 3.90. The number of ether oxygens (including phenoxy) is 1. The number of rotatable bonds is 2. The lowest BCUT2D eigenvalue weighted by molar-refractivity contribution is -0.207. The highest BCUT2D eigenvalue weighted by Gasteiger charge is 2.37. The zero-order valence-corrected chi connectivity index (χ0v) is 6.33.